The molecule has 0 unspecified atom stereocenters. The molecule has 0 amide bonds. The maximum atomic E-state index is 10.7. The fraction of sp³-hybridized carbons (Fsp3) is 0. The molecular weight excluding hydrogens is 330 g/mol. The van der Waals surface area contributed by atoms with Crippen LogP contribution in [0.2, 0.25) is 0 Å². The zero-order valence-corrected chi connectivity index (χ0v) is 12.6. The second kappa shape index (κ2) is 6.62. The van der Waals surface area contributed by atoms with Gasteiger partial charge in [0, 0.05) is 17.7 Å². The van der Waals surface area contributed by atoms with Crippen LogP contribution in [0.5, 0.6) is 0 Å². The number of nitrogen functional groups attached to an aromatic ring is 1. The molecule has 3 aromatic rings. The number of nitro groups is 1. The van der Waals surface area contributed by atoms with Gasteiger partial charge in [0.2, 0.25) is 0 Å². The summed E-state index contributed by atoms with van der Waals surface area (Å²) in [5.74, 6) is 0.890. The highest BCUT2D eigenvalue weighted by atomic mass is 16.6. The number of hydrogen-bond acceptors (Lipinski definition) is 9. The number of nitro benzene ring substituents is 1. The lowest BCUT2D eigenvalue weighted by atomic mass is 10.1. The van der Waals surface area contributed by atoms with Crippen LogP contribution in [0.4, 0.5) is 11.5 Å². The number of amidine groups is 1. The van der Waals surface area contributed by atoms with Crippen molar-refractivity contribution in [1.82, 2.24) is 10.3 Å². The van der Waals surface area contributed by atoms with Crippen LogP contribution in [-0.4, -0.2) is 27.3 Å². The first kappa shape index (κ1) is 15.9. The van der Waals surface area contributed by atoms with E-state index >= 15 is 0 Å². The quantitative estimate of drug-likeness (QED) is 0.304. The Bertz CT molecular complexity index is 956. The molecule has 2 heterocycles. The molecule has 0 aliphatic rings. The Morgan fingerprint density at radius 3 is 2.60 bits per heavy atom. The van der Waals surface area contributed by atoms with Crippen LogP contribution in [0.25, 0.3) is 11.3 Å². The zero-order valence-electron chi connectivity index (χ0n) is 12.6. The van der Waals surface area contributed by atoms with E-state index in [4.69, 9.17) is 15.9 Å². The summed E-state index contributed by atoms with van der Waals surface area (Å²) in [6, 6.07) is 9.34. The van der Waals surface area contributed by atoms with Gasteiger partial charge in [-0.2, -0.15) is 5.10 Å². The first-order chi connectivity index (χ1) is 12.0. The maximum absolute atomic E-state index is 10.7. The average Bonchev–Trinajstić information content (AvgIpc) is 3.24. The number of anilines is 1. The van der Waals surface area contributed by atoms with Gasteiger partial charge < -0.3 is 15.9 Å². The third kappa shape index (κ3) is 3.50. The highest BCUT2D eigenvalue weighted by Crippen LogP contribution is 2.24. The molecule has 0 aliphatic heterocycles. The van der Waals surface area contributed by atoms with Crippen molar-refractivity contribution >= 4 is 23.6 Å². The van der Waals surface area contributed by atoms with Gasteiger partial charge in [-0.1, -0.05) is 0 Å². The van der Waals surface area contributed by atoms with Crippen molar-refractivity contribution in [3.8, 4) is 11.3 Å². The smallest absolute Gasteiger partial charge is 0.269 e. The molecule has 0 aliphatic carbocycles. The molecule has 0 saturated heterocycles. The lowest BCUT2D eigenvalue weighted by Crippen LogP contribution is -2.15. The van der Waals surface area contributed by atoms with Crippen molar-refractivity contribution in [3.63, 3.8) is 0 Å². The van der Waals surface area contributed by atoms with E-state index < -0.39 is 4.92 Å². The van der Waals surface area contributed by atoms with E-state index in [1.54, 1.807) is 24.3 Å². The van der Waals surface area contributed by atoms with Crippen LogP contribution in [-0.2, 0) is 0 Å². The average molecular weight is 341 g/mol. The number of nitrogens with two attached hydrogens (primary N) is 2. The topological polar surface area (TPSA) is 172 Å². The Labute approximate surface area is 139 Å². The molecule has 25 heavy (non-hydrogen) atoms. The monoisotopic (exact) mass is 341 g/mol. The molecule has 0 saturated carbocycles. The number of rotatable bonds is 5. The van der Waals surface area contributed by atoms with Gasteiger partial charge in [0.25, 0.3) is 5.69 Å². The minimum Gasteiger partial charge on any atom is -0.455 e. The summed E-state index contributed by atoms with van der Waals surface area (Å²) in [6.45, 7) is 0. The molecule has 0 radical (unpaired) electrons. The Morgan fingerprint density at radius 1 is 1.20 bits per heavy atom. The van der Waals surface area contributed by atoms with Gasteiger partial charge in [0.1, 0.15) is 11.5 Å². The molecule has 1 aromatic carbocycles. The largest absolute Gasteiger partial charge is 0.455 e. The van der Waals surface area contributed by atoms with Gasteiger partial charge in [-0.05, 0) is 34.6 Å². The van der Waals surface area contributed by atoms with Crippen molar-refractivity contribution in [2.75, 3.05) is 5.73 Å². The summed E-state index contributed by atoms with van der Waals surface area (Å²) in [5.41, 5.74) is 11.9. The molecule has 126 valence electrons. The summed E-state index contributed by atoms with van der Waals surface area (Å²) in [5, 5.41) is 25.0. The van der Waals surface area contributed by atoms with Crippen molar-refractivity contribution in [2.24, 2.45) is 15.9 Å². The predicted octanol–water partition coefficient (Wildman–Crippen LogP) is 1.56. The van der Waals surface area contributed by atoms with Crippen LogP contribution >= 0.6 is 0 Å². The molecule has 0 bridgehead atoms. The van der Waals surface area contributed by atoms with E-state index in [2.05, 4.69) is 25.1 Å². The van der Waals surface area contributed by atoms with Crippen LogP contribution in [0.15, 0.2) is 55.6 Å². The minimum atomic E-state index is -0.469. The highest BCUT2D eigenvalue weighted by molar-refractivity contribution is 5.99. The molecule has 3 rings (SSSR count). The molecule has 0 atom stereocenters. The van der Waals surface area contributed by atoms with Gasteiger partial charge in [0.05, 0.1) is 11.1 Å². The van der Waals surface area contributed by atoms with Crippen LogP contribution in [0.1, 0.15) is 11.5 Å². The van der Waals surface area contributed by atoms with Crippen LogP contribution in [0, 0.1) is 10.1 Å². The fourth-order valence-electron chi connectivity index (χ4n) is 1.89. The summed E-state index contributed by atoms with van der Waals surface area (Å²) in [6.07, 6.45) is 1.34. The summed E-state index contributed by atoms with van der Waals surface area (Å²) < 4.78 is 9.97. The van der Waals surface area contributed by atoms with Crippen molar-refractivity contribution in [2.45, 2.75) is 0 Å². The first-order valence-electron chi connectivity index (χ1n) is 6.84. The standard InChI is InChI=1S/C14H11N7O4/c15-13(12-14(16)20-25-19-12)18-17-7-10-5-6-11(24-10)8-1-3-9(4-2-8)21(22)23/h1-7H,(H2,15,18)(H2,16,20). The van der Waals surface area contributed by atoms with Gasteiger partial charge >= 0.3 is 0 Å². The molecular formula is C14H11N7O4. The third-order valence-corrected chi connectivity index (χ3v) is 3.10. The minimum absolute atomic E-state index is 0.00326. The number of aromatic nitrogens is 2. The van der Waals surface area contributed by atoms with E-state index in [0.717, 1.165) is 0 Å². The zero-order chi connectivity index (χ0) is 17.8. The van der Waals surface area contributed by atoms with E-state index in [1.165, 1.54) is 18.3 Å². The summed E-state index contributed by atoms with van der Waals surface area (Å²) in [4.78, 5) is 10.2. The molecule has 4 N–H and O–H groups in total. The maximum Gasteiger partial charge on any atom is 0.269 e. The Hall–Kier alpha value is -4.02. The molecule has 0 spiro atoms. The van der Waals surface area contributed by atoms with Gasteiger partial charge in [0.15, 0.2) is 17.3 Å². The molecule has 11 heteroatoms. The van der Waals surface area contributed by atoms with Gasteiger partial charge in [-0.3, -0.25) is 10.1 Å². The highest BCUT2D eigenvalue weighted by Gasteiger charge is 2.10. The molecule has 0 fully saturated rings. The van der Waals surface area contributed by atoms with E-state index in [1.807, 2.05) is 0 Å². The van der Waals surface area contributed by atoms with Gasteiger partial charge in [-0.25, -0.2) is 4.63 Å². The van der Waals surface area contributed by atoms with Crippen molar-refractivity contribution in [1.29, 1.82) is 0 Å². The SMILES string of the molecule is N/C(=N\N=Cc1ccc(-c2ccc([N+](=O)[O-])cc2)o1)c1nonc1N. The Morgan fingerprint density at radius 2 is 1.96 bits per heavy atom. The first-order valence-corrected chi connectivity index (χ1v) is 6.84. The summed E-state index contributed by atoms with van der Waals surface area (Å²) in [7, 11) is 0. The lowest BCUT2D eigenvalue weighted by Gasteiger charge is -1.96. The molecule has 11 nitrogen and oxygen atoms in total. The second-order valence-corrected chi connectivity index (χ2v) is 4.73. The number of furan rings is 1. The van der Waals surface area contributed by atoms with Crippen LogP contribution < -0.4 is 11.5 Å². The number of nitrogens with zero attached hydrogens (tertiary/aromatic N) is 5. The van der Waals surface area contributed by atoms with E-state index in [0.29, 0.717) is 17.1 Å². The van der Waals surface area contributed by atoms with E-state index in [-0.39, 0.29) is 23.0 Å². The normalized spacial score (nSPS) is 11.9. The third-order valence-electron chi connectivity index (χ3n) is 3.10. The second-order valence-electron chi connectivity index (χ2n) is 4.73. The number of hydrogen-bond donors (Lipinski definition) is 2. The Balaban J connectivity index is 1.73. The van der Waals surface area contributed by atoms with Crippen molar-refractivity contribution in [3.05, 3.63) is 58.0 Å². The van der Waals surface area contributed by atoms with Crippen LogP contribution in [0.3, 0.4) is 0 Å². The Kier molecular flexibility index (Phi) is 4.20. The van der Waals surface area contributed by atoms with Gasteiger partial charge in [-0.15, -0.1) is 5.10 Å². The predicted molar refractivity (Wildman–Crippen MR) is 87.8 cm³/mol. The number of non-ortho nitro benzene ring substituents is 1. The van der Waals surface area contributed by atoms with Crippen molar-refractivity contribution < 1.29 is 14.0 Å². The summed E-state index contributed by atoms with van der Waals surface area (Å²) >= 11 is 0. The molecule has 2 aromatic heterocycles. The lowest BCUT2D eigenvalue weighted by molar-refractivity contribution is -0.384. The fourth-order valence-corrected chi connectivity index (χ4v) is 1.89. The number of benzene rings is 1. The van der Waals surface area contributed by atoms with E-state index in [9.17, 15) is 10.1 Å².